The lowest BCUT2D eigenvalue weighted by Crippen LogP contribution is -2.39. The minimum atomic E-state index is -2.65. The fraction of sp³-hybridized carbons (Fsp3) is 0.571. The molecule has 7 nitrogen and oxygen atoms in total. The standard InChI is InChI=1S/C14H16F2N6O/c1-20-10(12(15)16)6-9(19-20)14(23)21-4-5-22-11(7-21)17-18-13(22)8-2-3-8/h6,8,12H,2-5,7H2,1H3. The van der Waals surface area contributed by atoms with Gasteiger partial charge in [-0.1, -0.05) is 0 Å². The van der Waals surface area contributed by atoms with Gasteiger partial charge < -0.3 is 9.47 Å². The molecule has 23 heavy (non-hydrogen) atoms. The number of carbonyl (C=O) groups is 1. The molecule has 122 valence electrons. The second-order valence-corrected chi connectivity index (χ2v) is 6.01. The van der Waals surface area contributed by atoms with Crippen LogP contribution >= 0.6 is 0 Å². The van der Waals surface area contributed by atoms with E-state index in [0.29, 0.717) is 25.6 Å². The van der Waals surface area contributed by atoms with Crippen molar-refractivity contribution in [3.8, 4) is 0 Å². The number of alkyl halides is 2. The summed E-state index contributed by atoms with van der Waals surface area (Å²) in [5, 5.41) is 12.3. The Labute approximate surface area is 130 Å². The summed E-state index contributed by atoms with van der Waals surface area (Å²) in [6.45, 7) is 1.47. The molecule has 2 aromatic rings. The third kappa shape index (κ3) is 2.40. The SMILES string of the molecule is Cn1nc(C(=O)N2CCn3c(nnc3C3CC3)C2)cc1C(F)F. The van der Waals surface area contributed by atoms with Gasteiger partial charge in [-0.25, -0.2) is 8.78 Å². The molecule has 1 aliphatic heterocycles. The van der Waals surface area contributed by atoms with Gasteiger partial charge in [0.15, 0.2) is 11.5 Å². The zero-order chi connectivity index (χ0) is 16.1. The molecule has 0 atom stereocenters. The van der Waals surface area contributed by atoms with Crippen molar-refractivity contribution in [1.29, 1.82) is 0 Å². The topological polar surface area (TPSA) is 68.8 Å². The number of amides is 1. The van der Waals surface area contributed by atoms with Crippen molar-refractivity contribution in [2.75, 3.05) is 6.54 Å². The molecule has 2 aliphatic rings. The Hall–Kier alpha value is -2.32. The van der Waals surface area contributed by atoms with E-state index in [-0.39, 0.29) is 17.3 Å². The molecule has 9 heteroatoms. The molecule has 0 bridgehead atoms. The summed E-state index contributed by atoms with van der Waals surface area (Å²) in [6.07, 6.45) is -0.365. The third-order valence-electron chi connectivity index (χ3n) is 4.37. The quantitative estimate of drug-likeness (QED) is 0.858. The van der Waals surface area contributed by atoms with Gasteiger partial charge in [0, 0.05) is 26.1 Å². The highest BCUT2D eigenvalue weighted by atomic mass is 19.3. The molecule has 0 saturated heterocycles. The minimum Gasteiger partial charge on any atom is -0.328 e. The summed E-state index contributed by atoms with van der Waals surface area (Å²) in [6, 6.07) is 1.15. The lowest BCUT2D eigenvalue weighted by atomic mass is 10.2. The zero-order valence-electron chi connectivity index (χ0n) is 12.6. The molecule has 1 amide bonds. The van der Waals surface area contributed by atoms with Crippen LogP contribution < -0.4 is 0 Å². The number of carbonyl (C=O) groups excluding carboxylic acids is 1. The smallest absolute Gasteiger partial charge is 0.280 e. The van der Waals surface area contributed by atoms with Crippen LogP contribution in [0.5, 0.6) is 0 Å². The van der Waals surface area contributed by atoms with E-state index >= 15 is 0 Å². The first-order chi connectivity index (χ1) is 11.0. The van der Waals surface area contributed by atoms with Crippen molar-refractivity contribution in [3.63, 3.8) is 0 Å². The molecule has 0 N–H and O–H groups in total. The largest absolute Gasteiger partial charge is 0.328 e. The van der Waals surface area contributed by atoms with E-state index in [1.807, 2.05) is 0 Å². The van der Waals surface area contributed by atoms with Crippen molar-refractivity contribution in [1.82, 2.24) is 29.4 Å². The highest BCUT2D eigenvalue weighted by Gasteiger charge is 2.33. The predicted molar refractivity (Wildman–Crippen MR) is 74.9 cm³/mol. The summed E-state index contributed by atoms with van der Waals surface area (Å²) in [4.78, 5) is 14.1. The van der Waals surface area contributed by atoms with E-state index in [9.17, 15) is 13.6 Å². The van der Waals surface area contributed by atoms with Crippen LogP contribution in [-0.4, -0.2) is 41.9 Å². The van der Waals surface area contributed by atoms with Gasteiger partial charge in [0.25, 0.3) is 12.3 Å². The number of rotatable bonds is 3. The molecular formula is C14H16F2N6O. The van der Waals surface area contributed by atoms with Crippen LogP contribution in [-0.2, 0) is 20.1 Å². The number of aryl methyl sites for hydroxylation is 1. The van der Waals surface area contributed by atoms with Crippen LogP contribution in [0.25, 0.3) is 0 Å². The van der Waals surface area contributed by atoms with Gasteiger partial charge in [0.1, 0.15) is 11.5 Å². The van der Waals surface area contributed by atoms with Gasteiger partial charge >= 0.3 is 0 Å². The summed E-state index contributed by atoms with van der Waals surface area (Å²) >= 11 is 0. The molecule has 0 radical (unpaired) electrons. The molecule has 0 unspecified atom stereocenters. The summed E-state index contributed by atoms with van der Waals surface area (Å²) in [5.41, 5.74) is -0.220. The van der Waals surface area contributed by atoms with E-state index in [2.05, 4.69) is 19.9 Å². The van der Waals surface area contributed by atoms with Gasteiger partial charge in [0.05, 0.1) is 6.54 Å². The van der Waals surface area contributed by atoms with E-state index in [1.54, 1.807) is 4.90 Å². The first-order valence-corrected chi connectivity index (χ1v) is 7.58. The van der Waals surface area contributed by atoms with Crippen molar-refractivity contribution in [3.05, 3.63) is 29.1 Å². The molecule has 0 aromatic carbocycles. The van der Waals surface area contributed by atoms with Crippen LogP contribution in [0, 0.1) is 0 Å². The summed E-state index contributed by atoms with van der Waals surface area (Å²) in [5.74, 6) is 1.90. The summed E-state index contributed by atoms with van der Waals surface area (Å²) < 4.78 is 28.8. The Bertz CT molecular complexity index is 763. The first-order valence-electron chi connectivity index (χ1n) is 7.58. The van der Waals surface area contributed by atoms with E-state index in [4.69, 9.17) is 0 Å². The monoisotopic (exact) mass is 322 g/mol. The van der Waals surface area contributed by atoms with Gasteiger partial charge in [-0.05, 0) is 18.9 Å². The molecule has 4 rings (SSSR count). The predicted octanol–water partition coefficient (Wildman–Crippen LogP) is 1.48. The normalized spacial score (nSPS) is 17.7. The number of halogens is 2. The third-order valence-corrected chi connectivity index (χ3v) is 4.37. The van der Waals surface area contributed by atoms with Crippen molar-refractivity contribution >= 4 is 5.91 Å². The van der Waals surface area contributed by atoms with E-state index in [1.165, 1.54) is 7.05 Å². The molecule has 1 saturated carbocycles. The fourth-order valence-corrected chi connectivity index (χ4v) is 2.95. The highest BCUT2D eigenvalue weighted by molar-refractivity contribution is 5.92. The first kappa shape index (κ1) is 14.3. The zero-order valence-corrected chi connectivity index (χ0v) is 12.6. The van der Waals surface area contributed by atoms with Crippen LogP contribution in [0.2, 0.25) is 0 Å². The maximum Gasteiger partial charge on any atom is 0.280 e. The van der Waals surface area contributed by atoms with Crippen LogP contribution in [0.3, 0.4) is 0 Å². The van der Waals surface area contributed by atoms with Crippen molar-refractivity contribution < 1.29 is 13.6 Å². The van der Waals surface area contributed by atoms with Crippen molar-refractivity contribution in [2.24, 2.45) is 7.05 Å². The Morgan fingerprint density at radius 3 is 2.74 bits per heavy atom. The van der Waals surface area contributed by atoms with E-state index < -0.39 is 6.43 Å². The number of fused-ring (bicyclic) bond motifs is 1. The molecule has 0 spiro atoms. The maximum atomic E-state index is 12.8. The minimum absolute atomic E-state index is 0.0400. The van der Waals surface area contributed by atoms with Crippen LogP contribution in [0.15, 0.2) is 6.07 Å². The summed E-state index contributed by atoms with van der Waals surface area (Å²) in [7, 11) is 1.41. The van der Waals surface area contributed by atoms with Crippen molar-refractivity contribution in [2.45, 2.75) is 38.3 Å². The lowest BCUT2D eigenvalue weighted by molar-refractivity contribution is 0.0699. The fourth-order valence-electron chi connectivity index (χ4n) is 2.95. The van der Waals surface area contributed by atoms with Gasteiger partial charge in [-0.2, -0.15) is 5.10 Å². The Morgan fingerprint density at radius 2 is 2.09 bits per heavy atom. The lowest BCUT2D eigenvalue weighted by Gasteiger charge is -2.27. The molecule has 1 aliphatic carbocycles. The highest BCUT2D eigenvalue weighted by Crippen LogP contribution is 2.39. The average Bonchev–Trinajstić information content (AvgIpc) is 3.16. The Balaban J connectivity index is 1.54. The van der Waals surface area contributed by atoms with Crippen LogP contribution in [0.1, 0.15) is 53.0 Å². The average molecular weight is 322 g/mol. The second kappa shape index (κ2) is 5.10. The maximum absolute atomic E-state index is 12.8. The Kier molecular flexibility index (Phi) is 3.17. The molecule has 2 aromatic heterocycles. The number of hydrogen-bond donors (Lipinski definition) is 0. The van der Waals surface area contributed by atoms with E-state index in [0.717, 1.165) is 35.2 Å². The number of aromatic nitrogens is 5. The van der Waals surface area contributed by atoms with Gasteiger partial charge in [0.2, 0.25) is 0 Å². The van der Waals surface area contributed by atoms with Gasteiger partial charge in [-0.15, -0.1) is 10.2 Å². The van der Waals surface area contributed by atoms with Crippen LogP contribution in [0.4, 0.5) is 8.78 Å². The molecule has 1 fully saturated rings. The molecular weight excluding hydrogens is 306 g/mol. The van der Waals surface area contributed by atoms with Gasteiger partial charge in [-0.3, -0.25) is 9.48 Å². The number of nitrogens with zero attached hydrogens (tertiary/aromatic N) is 6. The second-order valence-electron chi connectivity index (χ2n) is 6.01. The Morgan fingerprint density at radius 1 is 1.30 bits per heavy atom. The number of hydrogen-bond acceptors (Lipinski definition) is 4. The molecule has 3 heterocycles.